The van der Waals surface area contributed by atoms with Gasteiger partial charge < -0.3 is 5.73 Å². The van der Waals surface area contributed by atoms with Crippen molar-refractivity contribution in [2.24, 2.45) is 0 Å². The number of benzene rings is 1. The molecule has 0 radical (unpaired) electrons. The first-order chi connectivity index (χ1) is 9.22. The normalized spacial score (nSPS) is 18.9. The minimum Gasteiger partial charge on any atom is -0.375 e. The van der Waals surface area contributed by atoms with Gasteiger partial charge in [-0.3, -0.25) is 4.90 Å². The van der Waals surface area contributed by atoms with Crippen molar-refractivity contribution in [3.05, 3.63) is 46.5 Å². The molecule has 1 unspecified atom stereocenters. The van der Waals surface area contributed by atoms with Gasteiger partial charge in [0.25, 0.3) is 0 Å². The molecular weight excluding hydrogens is 290 g/mol. The molecule has 1 atom stereocenters. The fourth-order valence-corrected chi connectivity index (χ4v) is 3.49. The number of aryl methyl sites for hydroxylation is 1. The van der Waals surface area contributed by atoms with Gasteiger partial charge in [0, 0.05) is 23.7 Å². The van der Waals surface area contributed by atoms with E-state index in [-0.39, 0.29) is 12.4 Å². The van der Waals surface area contributed by atoms with E-state index in [1.54, 1.807) is 11.3 Å². The van der Waals surface area contributed by atoms with Gasteiger partial charge in [0.2, 0.25) is 0 Å². The molecule has 0 amide bonds. The second kappa shape index (κ2) is 6.57. The number of nitrogen functional groups attached to an aromatic ring is 1. The largest absolute Gasteiger partial charge is 0.375 e. The van der Waals surface area contributed by atoms with Crippen LogP contribution in [-0.2, 0) is 6.54 Å². The van der Waals surface area contributed by atoms with Gasteiger partial charge in [0.1, 0.15) is 0 Å². The molecule has 3 nitrogen and oxygen atoms in total. The quantitative estimate of drug-likeness (QED) is 0.938. The molecule has 0 aliphatic carbocycles. The van der Waals surface area contributed by atoms with Gasteiger partial charge >= 0.3 is 0 Å². The summed E-state index contributed by atoms with van der Waals surface area (Å²) in [6, 6.07) is 9.48. The van der Waals surface area contributed by atoms with Gasteiger partial charge in [-0.2, -0.15) is 0 Å². The average Bonchev–Trinajstić information content (AvgIpc) is 3.00. The van der Waals surface area contributed by atoms with E-state index >= 15 is 0 Å². The SMILES string of the molecule is Cc1ccc(C2CCCN2Cc2cnc(N)s2)cc1.Cl. The number of nitrogens with two attached hydrogens (primary N) is 1. The summed E-state index contributed by atoms with van der Waals surface area (Å²) >= 11 is 1.60. The van der Waals surface area contributed by atoms with E-state index in [4.69, 9.17) is 5.73 Å². The lowest BCUT2D eigenvalue weighted by Crippen LogP contribution is -2.22. The Morgan fingerprint density at radius 3 is 2.75 bits per heavy atom. The number of aromatic nitrogens is 1. The fraction of sp³-hybridized carbons (Fsp3) is 0.400. The van der Waals surface area contributed by atoms with Crippen LogP contribution in [-0.4, -0.2) is 16.4 Å². The molecule has 0 spiro atoms. The Kier molecular flexibility index (Phi) is 5.02. The maximum absolute atomic E-state index is 5.70. The van der Waals surface area contributed by atoms with E-state index in [9.17, 15) is 0 Å². The van der Waals surface area contributed by atoms with E-state index in [2.05, 4.69) is 41.1 Å². The fourth-order valence-electron chi connectivity index (χ4n) is 2.78. The first-order valence-electron chi connectivity index (χ1n) is 6.73. The molecule has 108 valence electrons. The molecule has 2 aromatic rings. The molecule has 1 aliphatic heterocycles. The smallest absolute Gasteiger partial charge is 0.180 e. The highest BCUT2D eigenvalue weighted by Crippen LogP contribution is 2.34. The molecule has 2 N–H and O–H groups in total. The maximum atomic E-state index is 5.70. The predicted octanol–water partition coefficient (Wildman–Crippen LogP) is 3.79. The molecule has 0 saturated carbocycles. The number of likely N-dealkylation sites (tertiary alicyclic amines) is 1. The third kappa shape index (κ3) is 3.32. The van der Waals surface area contributed by atoms with Crippen LogP contribution in [0.3, 0.4) is 0 Å². The minimum atomic E-state index is 0. The van der Waals surface area contributed by atoms with Gasteiger partial charge in [0.05, 0.1) is 0 Å². The van der Waals surface area contributed by atoms with E-state index in [1.165, 1.54) is 28.8 Å². The molecule has 20 heavy (non-hydrogen) atoms. The number of thiazole rings is 1. The number of rotatable bonds is 3. The first kappa shape index (κ1) is 15.3. The maximum Gasteiger partial charge on any atom is 0.180 e. The van der Waals surface area contributed by atoms with E-state index in [0.717, 1.165) is 13.1 Å². The minimum absolute atomic E-state index is 0. The highest BCUT2D eigenvalue weighted by atomic mass is 35.5. The van der Waals surface area contributed by atoms with Crippen molar-refractivity contribution in [3.63, 3.8) is 0 Å². The van der Waals surface area contributed by atoms with Crippen LogP contribution >= 0.6 is 23.7 Å². The van der Waals surface area contributed by atoms with E-state index < -0.39 is 0 Å². The van der Waals surface area contributed by atoms with Crippen molar-refractivity contribution in [3.8, 4) is 0 Å². The highest BCUT2D eigenvalue weighted by molar-refractivity contribution is 7.15. The Morgan fingerprint density at radius 1 is 1.35 bits per heavy atom. The molecule has 1 aliphatic rings. The summed E-state index contributed by atoms with van der Waals surface area (Å²) < 4.78 is 0. The zero-order valence-corrected chi connectivity index (χ0v) is 13.2. The molecular formula is C15H20ClN3S. The topological polar surface area (TPSA) is 42.2 Å². The lowest BCUT2D eigenvalue weighted by Gasteiger charge is -2.24. The number of hydrogen-bond donors (Lipinski definition) is 1. The van der Waals surface area contributed by atoms with Crippen LogP contribution in [0.4, 0.5) is 5.13 Å². The zero-order chi connectivity index (χ0) is 13.2. The van der Waals surface area contributed by atoms with E-state index in [0.29, 0.717) is 11.2 Å². The number of nitrogens with zero attached hydrogens (tertiary/aromatic N) is 2. The van der Waals surface area contributed by atoms with Gasteiger partial charge in [-0.05, 0) is 31.9 Å². The van der Waals surface area contributed by atoms with Gasteiger partial charge in [-0.15, -0.1) is 23.7 Å². The Morgan fingerprint density at radius 2 is 2.10 bits per heavy atom. The van der Waals surface area contributed by atoms with Crippen molar-refractivity contribution in [2.75, 3.05) is 12.3 Å². The van der Waals surface area contributed by atoms with Crippen molar-refractivity contribution in [1.29, 1.82) is 0 Å². The lowest BCUT2D eigenvalue weighted by molar-refractivity contribution is 0.250. The number of hydrogen-bond acceptors (Lipinski definition) is 4. The van der Waals surface area contributed by atoms with Crippen molar-refractivity contribution in [2.45, 2.75) is 32.4 Å². The van der Waals surface area contributed by atoms with Crippen LogP contribution in [0.25, 0.3) is 0 Å². The van der Waals surface area contributed by atoms with Gasteiger partial charge in [-0.1, -0.05) is 29.8 Å². The zero-order valence-electron chi connectivity index (χ0n) is 11.6. The van der Waals surface area contributed by atoms with Crippen LogP contribution in [0, 0.1) is 6.92 Å². The molecule has 5 heteroatoms. The Bertz CT molecular complexity index is 553. The standard InChI is InChI=1S/C15H19N3S.ClH/c1-11-4-6-12(7-5-11)14-3-2-8-18(14)10-13-9-17-15(16)19-13;/h4-7,9,14H,2-3,8,10H2,1H3,(H2,16,17);1H. The average molecular weight is 310 g/mol. The Labute approximate surface area is 130 Å². The summed E-state index contributed by atoms with van der Waals surface area (Å²) in [5.41, 5.74) is 8.46. The summed E-state index contributed by atoms with van der Waals surface area (Å²) in [6.45, 7) is 4.26. The number of anilines is 1. The summed E-state index contributed by atoms with van der Waals surface area (Å²) in [6.07, 6.45) is 4.43. The molecule has 2 heterocycles. The van der Waals surface area contributed by atoms with Crippen molar-refractivity contribution < 1.29 is 0 Å². The van der Waals surface area contributed by atoms with Crippen LogP contribution in [0.15, 0.2) is 30.5 Å². The third-order valence-electron chi connectivity index (χ3n) is 3.76. The second-order valence-electron chi connectivity index (χ2n) is 5.20. The van der Waals surface area contributed by atoms with Crippen molar-refractivity contribution >= 4 is 28.9 Å². The second-order valence-corrected chi connectivity index (χ2v) is 6.35. The van der Waals surface area contributed by atoms with Crippen LogP contribution in [0.5, 0.6) is 0 Å². The molecule has 1 saturated heterocycles. The summed E-state index contributed by atoms with van der Waals surface area (Å²) in [4.78, 5) is 7.94. The Balaban J connectivity index is 0.00000147. The monoisotopic (exact) mass is 309 g/mol. The van der Waals surface area contributed by atoms with Crippen molar-refractivity contribution in [1.82, 2.24) is 9.88 Å². The lowest BCUT2D eigenvalue weighted by atomic mass is 10.0. The molecule has 0 bridgehead atoms. The van der Waals surface area contributed by atoms with Gasteiger partial charge in [0.15, 0.2) is 5.13 Å². The molecule has 1 aromatic carbocycles. The van der Waals surface area contributed by atoms with Gasteiger partial charge in [-0.25, -0.2) is 4.98 Å². The van der Waals surface area contributed by atoms with Crippen LogP contribution in [0.2, 0.25) is 0 Å². The molecule has 1 aromatic heterocycles. The highest BCUT2D eigenvalue weighted by Gasteiger charge is 2.26. The predicted molar refractivity (Wildman–Crippen MR) is 87.3 cm³/mol. The third-order valence-corrected chi connectivity index (χ3v) is 4.57. The molecule has 1 fully saturated rings. The summed E-state index contributed by atoms with van der Waals surface area (Å²) in [7, 11) is 0. The number of halogens is 1. The summed E-state index contributed by atoms with van der Waals surface area (Å²) in [5.74, 6) is 0. The first-order valence-corrected chi connectivity index (χ1v) is 7.55. The van der Waals surface area contributed by atoms with Crippen LogP contribution < -0.4 is 5.73 Å². The Hall–Kier alpha value is -1.10. The van der Waals surface area contributed by atoms with Crippen LogP contribution in [0.1, 0.15) is 34.9 Å². The summed E-state index contributed by atoms with van der Waals surface area (Å²) in [5, 5.41) is 0.668. The molecule has 3 rings (SSSR count). The van der Waals surface area contributed by atoms with E-state index in [1.807, 2.05) is 6.20 Å².